The number of benzene rings is 3. The van der Waals surface area contributed by atoms with Gasteiger partial charge in [-0.25, -0.2) is 19.6 Å². The number of ether oxygens (including phenoxy) is 2. The van der Waals surface area contributed by atoms with Gasteiger partial charge in [-0.3, -0.25) is 9.59 Å². The first kappa shape index (κ1) is 39.4. The number of likely N-dealkylation sites (tertiary alicyclic amines) is 2. The van der Waals surface area contributed by atoms with Crippen molar-refractivity contribution in [1.29, 1.82) is 0 Å². The summed E-state index contributed by atoms with van der Waals surface area (Å²) in [6, 6.07) is 24.8. The van der Waals surface area contributed by atoms with Gasteiger partial charge in [0.25, 0.3) is 5.91 Å². The highest BCUT2D eigenvalue weighted by Gasteiger charge is 2.46. The molecular formula is C45H50N8O6. The largest absolute Gasteiger partial charge is 0.453 e. The van der Waals surface area contributed by atoms with Crippen LogP contribution in [0.2, 0.25) is 0 Å². The van der Waals surface area contributed by atoms with E-state index < -0.39 is 17.8 Å². The van der Waals surface area contributed by atoms with E-state index in [1.807, 2.05) is 29.3 Å². The summed E-state index contributed by atoms with van der Waals surface area (Å²) in [4.78, 5) is 71.9. The number of carbonyl (C=O) groups is 4. The average molecular weight is 799 g/mol. The molecule has 8 rings (SSSR count). The third-order valence-corrected chi connectivity index (χ3v) is 12.2. The van der Waals surface area contributed by atoms with Crippen LogP contribution in [0.1, 0.15) is 87.6 Å². The van der Waals surface area contributed by atoms with Gasteiger partial charge in [0.1, 0.15) is 11.6 Å². The molecule has 3 fully saturated rings. The summed E-state index contributed by atoms with van der Waals surface area (Å²) in [5.41, 5.74) is 10.2. The number of nitrogens with zero attached hydrogens (tertiary/aromatic N) is 4. The van der Waals surface area contributed by atoms with Crippen LogP contribution in [-0.2, 0) is 24.7 Å². The number of aromatic nitrogens is 4. The predicted molar refractivity (Wildman–Crippen MR) is 220 cm³/mol. The van der Waals surface area contributed by atoms with E-state index in [-0.39, 0.29) is 35.9 Å². The van der Waals surface area contributed by atoms with Crippen LogP contribution in [0, 0.1) is 5.92 Å². The van der Waals surface area contributed by atoms with Crippen molar-refractivity contribution in [3.8, 4) is 33.6 Å². The molecule has 0 spiro atoms. The second kappa shape index (κ2) is 16.8. The Morgan fingerprint density at radius 1 is 0.712 bits per heavy atom. The van der Waals surface area contributed by atoms with Crippen molar-refractivity contribution in [2.24, 2.45) is 11.7 Å². The van der Waals surface area contributed by atoms with E-state index in [0.717, 1.165) is 84.4 Å². The minimum Gasteiger partial charge on any atom is -0.453 e. The van der Waals surface area contributed by atoms with E-state index >= 15 is 0 Å². The molecule has 5 N–H and O–H groups in total. The molecule has 0 radical (unpaired) electrons. The lowest BCUT2D eigenvalue weighted by Crippen LogP contribution is -2.49. The highest BCUT2D eigenvalue weighted by Crippen LogP contribution is 2.39. The number of aromatic amines is 2. The SMILES string of the molecule is COC(=O)N[C@@H]1CCCC[C@@H]1C(=O)N1CCC[C@H]1c1ncc(-c2ccc(-c3ccc(-c4cnc([C@@H]5CCCN5C(=O)[C@](C)(OC(N)=O)c5ccccc5)[nH]4)cc3)cc2)[nH]1. The number of amides is 4. The smallest absolute Gasteiger partial charge is 0.407 e. The van der Waals surface area contributed by atoms with E-state index in [1.165, 1.54) is 7.11 Å². The van der Waals surface area contributed by atoms with E-state index in [1.54, 1.807) is 42.3 Å². The van der Waals surface area contributed by atoms with Gasteiger partial charge in [0.05, 0.1) is 48.9 Å². The molecule has 3 aromatic carbocycles. The molecule has 3 aliphatic rings. The molecule has 4 heterocycles. The van der Waals surface area contributed by atoms with Gasteiger partial charge in [-0.1, -0.05) is 91.7 Å². The third-order valence-electron chi connectivity index (χ3n) is 12.2. The Hall–Kier alpha value is -6.44. The van der Waals surface area contributed by atoms with E-state index in [4.69, 9.17) is 25.2 Å². The van der Waals surface area contributed by atoms with Crippen LogP contribution >= 0.6 is 0 Å². The first-order valence-corrected chi connectivity index (χ1v) is 20.4. The van der Waals surface area contributed by atoms with Crippen LogP contribution in [0.5, 0.6) is 0 Å². The van der Waals surface area contributed by atoms with Crippen molar-refractivity contribution < 1.29 is 28.7 Å². The molecule has 5 aromatic rings. The van der Waals surface area contributed by atoms with Crippen LogP contribution in [0.25, 0.3) is 33.6 Å². The summed E-state index contributed by atoms with van der Waals surface area (Å²) in [5.74, 6) is 0.892. The second-order valence-corrected chi connectivity index (χ2v) is 15.8. The molecule has 1 aliphatic carbocycles. The summed E-state index contributed by atoms with van der Waals surface area (Å²) in [7, 11) is 1.34. The van der Waals surface area contributed by atoms with Crippen molar-refractivity contribution in [2.45, 2.75) is 82.0 Å². The van der Waals surface area contributed by atoms with Crippen LogP contribution in [-0.4, -0.2) is 80.0 Å². The summed E-state index contributed by atoms with van der Waals surface area (Å²) < 4.78 is 10.3. The maximum absolute atomic E-state index is 14.0. The average Bonchev–Trinajstić information content (AvgIpc) is 4.11. The van der Waals surface area contributed by atoms with Gasteiger partial charge in [-0.2, -0.15) is 0 Å². The molecule has 306 valence electrons. The predicted octanol–water partition coefficient (Wildman–Crippen LogP) is 7.39. The highest BCUT2D eigenvalue weighted by molar-refractivity contribution is 5.89. The maximum atomic E-state index is 14.0. The molecule has 1 saturated carbocycles. The lowest BCUT2D eigenvalue weighted by atomic mass is 9.83. The number of imidazole rings is 2. The van der Waals surface area contributed by atoms with Crippen molar-refractivity contribution in [1.82, 2.24) is 35.1 Å². The number of rotatable bonds is 10. The third kappa shape index (κ3) is 8.03. The number of alkyl carbamates (subject to hydrolysis) is 1. The molecule has 0 bridgehead atoms. The molecule has 2 saturated heterocycles. The minimum atomic E-state index is -1.58. The van der Waals surface area contributed by atoms with Gasteiger partial charge >= 0.3 is 12.2 Å². The van der Waals surface area contributed by atoms with Crippen LogP contribution in [0.15, 0.2) is 91.3 Å². The fourth-order valence-electron chi connectivity index (χ4n) is 9.08. The van der Waals surface area contributed by atoms with E-state index in [9.17, 15) is 19.2 Å². The van der Waals surface area contributed by atoms with Crippen LogP contribution < -0.4 is 11.1 Å². The van der Waals surface area contributed by atoms with Gasteiger partial charge in [0.15, 0.2) is 0 Å². The Kier molecular flexibility index (Phi) is 11.2. The quantitative estimate of drug-likeness (QED) is 0.113. The molecule has 14 nitrogen and oxygen atoms in total. The molecule has 5 atom stereocenters. The highest BCUT2D eigenvalue weighted by atomic mass is 16.6. The lowest BCUT2D eigenvalue weighted by molar-refractivity contribution is -0.151. The molecule has 2 aliphatic heterocycles. The van der Waals surface area contributed by atoms with E-state index in [2.05, 4.69) is 51.7 Å². The number of carbonyl (C=O) groups excluding carboxylic acids is 4. The van der Waals surface area contributed by atoms with Crippen LogP contribution in [0.3, 0.4) is 0 Å². The Morgan fingerprint density at radius 3 is 1.80 bits per heavy atom. The number of nitrogens with one attached hydrogen (secondary N) is 3. The van der Waals surface area contributed by atoms with Crippen LogP contribution in [0.4, 0.5) is 9.59 Å². The number of hydrogen-bond acceptors (Lipinski definition) is 8. The van der Waals surface area contributed by atoms with Crippen molar-refractivity contribution in [2.75, 3.05) is 20.2 Å². The zero-order chi connectivity index (χ0) is 41.1. The first-order valence-electron chi connectivity index (χ1n) is 20.4. The van der Waals surface area contributed by atoms with E-state index in [0.29, 0.717) is 30.9 Å². The summed E-state index contributed by atoms with van der Waals surface area (Å²) >= 11 is 0. The molecule has 4 amide bonds. The zero-order valence-corrected chi connectivity index (χ0v) is 33.4. The Morgan fingerprint density at radius 2 is 1.24 bits per heavy atom. The molecule has 0 unspecified atom stereocenters. The topological polar surface area (TPSA) is 189 Å². The number of H-pyrrole nitrogens is 2. The maximum Gasteiger partial charge on any atom is 0.407 e. The number of primary amides is 1. The van der Waals surface area contributed by atoms with Gasteiger partial charge in [-0.15, -0.1) is 0 Å². The minimum absolute atomic E-state index is 0.0720. The van der Waals surface area contributed by atoms with Gasteiger partial charge in [0.2, 0.25) is 11.5 Å². The number of methoxy groups -OCH3 is 1. The molecule has 59 heavy (non-hydrogen) atoms. The zero-order valence-electron chi connectivity index (χ0n) is 33.4. The molecule has 14 heteroatoms. The summed E-state index contributed by atoms with van der Waals surface area (Å²) in [6.45, 7) is 2.75. The number of hydrogen-bond donors (Lipinski definition) is 4. The Bertz CT molecular complexity index is 2290. The van der Waals surface area contributed by atoms with Gasteiger partial charge in [-0.05, 0) is 67.7 Å². The van der Waals surface area contributed by atoms with Gasteiger partial charge in [0, 0.05) is 24.7 Å². The normalized spacial score (nSPS) is 21.5. The summed E-state index contributed by atoms with van der Waals surface area (Å²) in [6.07, 6.45) is 8.76. The Balaban J connectivity index is 0.922. The monoisotopic (exact) mass is 798 g/mol. The van der Waals surface area contributed by atoms with Crippen molar-refractivity contribution >= 4 is 24.0 Å². The fraction of sp³-hybridized carbons (Fsp3) is 0.378. The first-order chi connectivity index (χ1) is 28.6. The Labute approximate surface area is 342 Å². The van der Waals surface area contributed by atoms with Crippen molar-refractivity contribution in [3.05, 3.63) is 108 Å². The molecule has 2 aromatic heterocycles. The van der Waals surface area contributed by atoms with Crippen molar-refractivity contribution in [3.63, 3.8) is 0 Å². The molecular weight excluding hydrogens is 749 g/mol. The standard InChI is InChI=1S/C45H50N8O6/c1-45(59-43(46)56,32-10-4-3-5-11-32)42(55)53-25-9-15-38(53)40-48-27-36(50-40)31-22-18-29(19-23-31)28-16-20-30(21-17-28)35-26-47-39(49-35)37-14-8-24-52(37)41(54)33-12-6-7-13-34(33)51-44(57)58-2/h3-5,10-11,16-23,26-27,33-34,37-38H,6-9,12-15,24-25H2,1-2H3,(H2,46,56)(H,47,49)(H,48,50)(H,51,57)/t33-,34+,37-,38-,45+/m0/s1. The fourth-order valence-corrected chi connectivity index (χ4v) is 9.08. The lowest BCUT2D eigenvalue weighted by Gasteiger charge is -2.35. The second-order valence-electron chi connectivity index (χ2n) is 15.8. The number of nitrogens with two attached hydrogens (primary N) is 1. The van der Waals surface area contributed by atoms with Gasteiger partial charge < -0.3 is 40.3 Å². The summed E-state index contributed by atoms with van der Waals surface area (Å²) in [5, 5.41) is 2.90.